The molecule has 0 aliphatic heterocycles. The van der Waals surface area contributed by atoms with Crippen molar-refractivity contribution in [3.63, 3.8) is 0 Å². The van der Waals surface area contributed by atoms with Crippen LogP contribution in [0.1, 0.15) is 6.42 Å². The molecule has 6 heteroatoms. The molecule has 0 aliphatic carbocycles. The fraction of sp³-hybridized carbons (Fsp3) is 0.667. The number of ketones is 2. The molecular weight excluding hydrogens is 199 g/mol. The highest BCUT2D eigenvalue weighted by Crippen LogP contribution is 1.99. The molecule has 0 aliphatic rings. The van der Waals surface area contributed by atoms with Crippen LogP contribution in [-0.2, 0) is 18.7 Å². The highest BCUT2D eigenvalue weighted by atomic mass is 32.2. The Hall–Kier alpha value is -0.250. The second kappa shape index (κ2) is 7.40. The van der Waals surface area contributed by atoms with Gasteiger partial charge < -0.3 is 0 Å². The van der Waals surface area contributed by atoms with Crippen molar-refractivity contribution in [2.24, 2.45) is 0 Å². The van der Waals surface area contributed by atoms with Gasteiger partial charge in [-0.1, -0.05) is 0 Å². The summed E-state index contributed by atoms with van der Waals surface area (Å²) >= 11 is 1.49. The van der Waals surface area contributed by atoms with E-state index >= 15 is 0 Å². The largest absolute Gasteiger partial charge is 0.327 e. The predicted octanol–water partition coefficient (Wildman–Crippen LogP) is 1.10. The lowest BCUT2D eigenvalue weighted by atomic mass is 10.2. The molecule has 0 unspecified atom stereocenters. The lowest BCUT2D eigenvalue weighted by Crippen LogP contribution is -2.18. The lowest BCUT2D eigenvalue weighted by molar-refractivity contribution is -0.137. The molecule has 0 atom stereocenters. The molecule has 0 saturated heterocycles. The van der Waals surface area contributed by atoms with E-state index in [-0.39, 0.29) is 6.42 Å². The summed E-state index contributed by atoms with van der Waals surface area (Å²) in [6.07, 6.45) is 2.07. The summed E-state index contributed by atoms with van der Waals surface area (Å²) in [6, 6.07) is 0. The van der Waals surface area contributed by atoms with Crippen LogP contribution in [-0.4, -0.2) is 30.2 Å². The maximum absolute atomic E-state index is 10.9. The lowest BCUT2D eigenvalue weighted by Gasteiger charge is -1.95. The summed E-state index contributed by atoms with van der Waals surface area (Å²) in [4.78, 5) is 21.6. The quantitative estimate of drug-likeness (QED) is 0.463. The Kier molecular flexibility index (Phi) is 7.25. The molecule has 0 aromatic carbocycles. The first kappa shape index (κ1) is 11.8. The highest BCUT2D eigenvalue weighted by Gasteiger charge is 2.12. The Labute approximate surface area is 76.3 Å². The molecule has 0 bridgehead atoms. The van der Waals surface area contributed by atoms with Crippen LogP contribution >= 0.6 is 20.4 Å². The SMILES string of the molecule is CSCCC(=O)C(=O)COP=O. The number of hydrogen-bond acceptors (Lipinski definition) is 5. The molecule has 0 saturated carbocycles. The Bertz CT molecular complexity index is 182. The normalized spacial score (nSPS) is 10.1. The summed E-state index contributed by atoms with van der Waals surface area (Å²) < 4.78 is 14.0. The van der Waals surface area contributed by atoms with Crippen LogP contribution in [0.25, 0.3) is 0 Å². The molecule has 0 radical (unpaired) electrons. The molecule has 0 spiro atoms. The fourth-order valence-electron chi connectivity index (χ4n) is 0.500. The van der Waals surface area contributed by atoms with E-state index in [2.05, 4.69) is 4.52 Å². The van der Waals surface area contributed by atoms with Gasteiger partial charge in [0.2, 0.25) is 11.6 Å². The first-order valence-corrected chi connectivity index (χ1v) is 5.34. The highest BCUT2D eigenvalue weighted by molar-refractivity contribution is 7.98. The van der Waals surface area contributed by atoms with Crippen molar-refractivity contribution >= 4 is 32.0 Å². The minimum absolute atomic E-state index is 0.221. The summed E-state index contributed by atoms with van der Waals surface area (Å²) in [5, 5.41) is 0. The minimum Gasteiger partial charge on any atom is -0.291 e. The van der Waals surface area contributed by atoms with E-state index in [1.165, 1.54) is 11.8 Å². The molecule has 4 nitrogen and oxygen atoms in total. The number of carbonyl (C=O) groups excluding carboxylic acids is 2. The molecule has 0 fully saturated rings. The number of hydrogen-bond donors (Lipinski definition) is 0. The van der Waals surface area contributed by atoms with E-state index in [0.717, 1.165) is 0 Å². The molecule has 0 rings (SSSR count). The van der Waals surface area contributed by atoms with Gasteiger partial charge in [-0.3, -0.25) is 14.1 Å². The molecular formula is C6H9O4PS. The Morgan fingerprint density at radius 1 is 1.42 bits per heavy atom. The smallest absolute Gasteiger partial charge is 0.291 e. The summed E-state index contributed by atoms with van der Waals surface area (Å²) in [6.45, 7) is -0.391. The zero-order chi connectivity index (χ0) is 9.40. The number of thioether (sulfide) groups is 1. The predicted molar refractivity (Wildman–Crippen MR) is 46.6 cm³/mol. The van der Waals surface area contributed by atoms with Crippen LogP contribution in [0, 0.1) is 0 Å². The van der Waals surface area contributed by atoms with Crippen molar-refractivity contribution in [1.82, 2.24) is 0 Å². The van der Waals surface area contributed by atoms with Crippen molar-refractivity contribution in [2.45, 2.75) is 6.42 Å². The van der Waals surface area contributed by atoms with Gasteiger partial charge in [0.05, 0.1) is 0 Å². The maximum atomic E-state index is 10.9. The van der Waals surface area contributed by atoms with Gasteiger partial charge >= 0.3 is 8.69 Å². The van der Waals surface area contributed by atoms with Crippen LogP contribution < -0.4 is 0 Å². The topological polar surface area (TPSA) is 60.4 Å². The van der Waals surface area contributed by atoms with Crippen molar-refractivity contribution in [1.29, 1.82) is 0 Å². The molecule has 68 valence electrons. The number of rotatable bonds is 7. The van der Waals surface area contributed by atoms with Crippen LogP contribution in [0.4, 0.5) is 0 Å². The zero-order valence-corrected chi connectivity index (χ0v) is 8.32. The summed E-state index contributed by atoms with van der Waals surface area (Å²) in [7, 11) is -0.570. The van der Waals surface area contributed by atoms with Crippen LogP contribution in [0.5, 0.6) is 0 Å². The van der Waals surface area contributed by atoms with Crippen LogP contribution in [0.15, 0.2) is 0 Å². The van der Waals surface area contributed by atoms with E-state index in [4.69, 9.17) is 0 Å². The third kappa shape index (κ3) is 5.41. The molecule has 0 heterocycles. The fourth-order valence-corrected chi connectivity index (χ4v) is 1.06. The zero-order valence-electron chi connectivity index (χ0n) is 6.61. The van der Waals surface area contributed by atoms with E-state index in [1.807, 2.05) is 6.26 Å². The Morgan fingerprint density at radius 3 is 2.58 bits per heavy atom. The number of Topliss-reactive ketones (excluding diaryl/α,β-unsaturated/α-hetero) is 2. The third-order valence-corrected chi connectivity index (χ3v) is 1.94. The van der Waals surface area contributed by atoms with Gasteiger partial charge in [0.25, 0.3) is 0 Å². The van der Waals surface area contributed by atoms with Gasteiger partial charge in [-0.25, -0.2) is 4.57 Å². The average Bonchev–Trinajstić information content (AvgIpc) is 2.10. The van der Waals surface area contributed by atoms with Gasteiger partial charge in [0.1, 0.15) is 6.61 Å². The summed E-state index contributed by atoms with van der Waals surface area (Å²) in [5.74, 6) is -0.458. The molecule has 0 aromatic heterocycles. The van der Waals surface area contributed by atoms with Crippen molar-refractivity contribution in [3.05, 3.63) is 0 Å². The average molecular weight is 208 g/mol. The van der Waals surface area contributed by atoms with Crippen LogP contribution in [0.2, 0.25) is 0 Å². The van der Waals surface area contributed by atoms with Gasteiger partial charge in [-0.15, -0.1) is 0 Å². The van der Waals surface area contributed by atoms with E-state index in [1.54, 1.807) is 0 Å². The molecule has 0 aromatic rings. The molecule has 0 N–H and O–H groups in total. The Morgan fingerprint density at radius 2 is 2.08 bits per heavy atom. The maximum Gasteiger partial charge on any atom is 0.327 e. The molecule has 12 heavy (non-hydrogen) atoms. The van der Waals surface area contributed by atoms with E-state index in [0.29, 0.717) is 5.75 Å². The monoisotopic (exact) mass is 208 g/mol. The van der Waals surface area contributed by atoms with Crippen molar-refractivity contribution in [3.8, 4) is 0 Å². The van der Waals surface area contributed by atoms with E-state index in [9.17, 15) is 14.2 Å². The first-order chi connectivity index (χ1) is 5.72. The summed E-state index contributed by atoms with van der Waals surface area (Å²) in [5.41, 5.74) is 0. The standard InChI is InChI=1S/C6H9O4PS/c1-12-3-2-5(7)6(8)4-10-11-9/h2-4H2,1H3. The van der Waals surface area contributed by atoms with Gasteiger partial charge in [0.15, 0.2) is 0 Å². The third-order valence-electron chi connectivity index (χ3n) is 1.09. The van der Waals surface area contributed by atoms with Gasteiger partial charge in [0, 0.05) is 12.2 Å². The molecule has 0 amide bonds. The second-order valence-electron chi connectivity index (χ2n) is 1.94. The van der Waals surface area contributed by atoms with Crippen molar-refractivity contribution in [2.75, 3.05) is 18.6 Å². The first-order valence-electron chi connectivity index (χ1n) is 3.22. The van der Waals surface area contributed by atoms with Crippen molar-refractivity contribution < 1.29 is 18.7 Å². The minimum atomic E-state index is -0.618. The van der Waals surface area contributed by atoms with E-state index < -0.39 is 26.9 Å². The van der Waals surface area contributed by atoms with Crippen LogP contribution in [0.3, 0.4) is 0 Å². The Balaban J connectivity index is 3.61. The second-order valence-corrected chi connectivity index (χ2v) is 3.33. The van der Waals surface area contributed by atoms with Gasteiger partial charge in [-0.05, 0) is 6.26 Å². The van der Waals surface area contributed by atoms with Gasteiger partial charge in [-0.2, -0.15) is 11.8 Å². The number of carbonyl (C=O) groups is 2.